The molecule has 3 aromatic rings. The fourth-order valence-corrected chi connectivity index (χ4v) is 4.69. The number of aromatic nitrogens is 2. The molecule has 0 aliphatic carbocycles. The number of carbonyl (C=O) groups is 1. The highest BCUT2D eigenvalue weighted by molar-refractivity contribution is 7.80. The van der Waals surface area contributed by atoms with Crippen molar-refractivity contribution in [1.82, 2.24) is 14.5 Å². The van der Waals surface area contributed by atoms with Crippen molar-refractivity contribution in [3.8, 4) is 6.07 Å². The number of nitrogens with two attached hydrogens (primary N) is 1. The Morgan fingerprint density at radius 3 is 2.44 bits per heavy atom. The Hall–Kier alpha value is -4.10. The minimum atomic E-state index is -4.96. The molecular formula is C25H18F8N6OS. The molecule has 16 heteroatoms. The van der Waals surface area contributed by atoms with E-state index in [1.54, 1.807) is 0 Å². The fourth-order valence-electron chi connectivity index (χ4n) is 4.32. The summed E-state index contributed by atoms with van der Waals surface area (Å²) >= 11 is 5.37. The van der Waals surface area contributed by atoms with Gasteiger partial charge in [-0.25, -0.2) is 26.9 Å². The Kier molecular flexibility index (Phi) is 8.31. The zero-order chi connectivity index (χ0) is 30.2. The van der Waals surface area contributed by atoms with E-state index in [1.807, 2.05) is 5.32 Å². The molecule has 4 rings (SSSR count). The van der Waals surface area contributed by atoms with Gasteiger partial charge in [0.05, 0.1) is 28.5 Å². The number of nitriles is 1. The molecule has 1 amide bonds. The lowest BCUT2D eigenvalue weighted by atomic mass is 10.0. The van der Waals surface area contributed by atoms with Crippen molar-refractivity contribution in [3.63, 3.8) is 0 Å². The first-order valence-corrected chi connectivity index (χ1v) is 12.1. The maximum Gasteiger partial charge on any atom is 0.449 e. The summed E-state index contributed by atoms with van der Waals surface area (Å²) in [4.78, 5) is 17.9. The van der Waals surface area contributed by atoms with Crippen LogP contribution >= 0.6 is 12.2 Å². The zero-order valence-electron chi connectivity index (χ0n) is 20.6. The summed E-state index contributed by atoms with van der Waals surface area (Å²) in [7, 11) is 0. The van der Waals surface area contributed by atoms with E-state index < -0.39 is 70.0 Å². The summed E-state index contributed by atoms with van der Waals surface area (Å²) in [6.07, 6.45) is -5.28. The Morgan fingerprint density at radius 1 is 1.10 bits per heavy atom. The van der Waals surface area contributed by atoms with Crippen LogP contribution in [0.5, 0.6) is 0 Å². The third-order valence-corrected chi connectivity index (χ3v) is 6.71. The summed E-state index contributed by atoms with van der Waals surface area (Å²) < 4.78 is 111. The minimum absolute atomic E-state index is 0.0476. The number of hydrogen-bond donors (Lipinski definition) is 2. The first-order chi connectivity index (χ1) is 19.2. The average molecular weight is 603 g/mol. The van der Waals surface area contributed by atoms with Gasteiger partial charge in [-0.2, -0.15) is 18.4 Å². The molecule has 0 unspecified atom stereocenters. The van der Waals surface area contributed by atoms with Crippen LogP contribution in [0.1, 0.15) is 39.6 Å². The van der Waals surface area contributed by atoms with Gasteiger partial charge in [-0.1, -0.05) is 12.2 Å². The Morgan fingerprint density at radius 2 is 1.78 bits per heavy atom. The van der Waals surface area contributed by atoms with Crippen molar-refractivity contribution in [2.24, 2.45) is 5.73 Å². The van der Waals surface area contributed by atoms with Gasteiger partial charge in [-0.05, 0) is 30.2 Å². The number of nitrogens with one attached hydrogen (secondary N) is 1. The number of amides is 1. The molecule has 2 aromatic carbocycles. The van der Waals surface area contributed by atoms with Crippen LogP contribution in [0.15, 0.2) is 24.3 Å². The maximum atomic E-state index is 14.3. The van der Waals surface area contributed by atoms with Crippen molar-refractivity contribution in [2.75, 3.05) is 11.9 Å². The zero-order valence-corrected chi connectivity index (χ0v) is 21.4. The summed E-state index contributed by atoms with van der Waals surface area (Å²) in [5.74, 6) is -9.45. The number of imidazole rings is 1. The quantitative estimate of drug-likeness (QED) is 0.239. The third kappa shape index (κ3) is 6.15. The number of nitrogens with zero attached hydrogens (tertiary/aromatic N) is 4. The molecule has 0 saturated carbocycles. The number of fused-ring (bicyclic) bond motifs is 1. The van der Waals surface area contributed by atoms with Crippen molar-refractivity contribution in [2.45, 2.75) is 38.1 Å². The molecule has 0 radical (unpaired) electrons. The molecule has 216 valence electrons. The topological polar surface area (TPSA) is 100.0 Å². The van der Waals surface area contributed by atoms with Crippen LogP contribution < -0.4 is 11.1 Å². The molecule has 41 heavy (non-hydrogen) atoms. The van der Waals surface area contributed by atoms with Gasteiger partial charge in [0.25, 0.3) is 5.91 Å². The van der Waals surface area contributed by atoms with Gasteiger partial charge in [0.15, 0.2) is 29.0 Å². The smallest absolute Gasteiger partial charge is 0.358 e. The summed E-state index contributed by atoms with van der Waals surface area (Å²) in [5, 5.41) is 10.8. The van der Waals surface area contributed by atoms with Crippen LogP contribution in [-0.2, 0) is 25.7 Å². The number of halogens is 8. The molecule has 7 nitrogen and oxygen atoms in total. The lowest BCUT2D eigenvalue weighted by Gasteiger charge is -2.32. The molecule has 0 spiro atoms. The lowest BCUT2D eigenvalue weighted by Crippen LogP contribution is -2.41. The molecule has 1 atom stereocenters. The lowest BCUT2D eigenvalue weighted by molar-refractivity contribution is -0.147. The van der Waals surface area contributed by atoms with E-state index in [-0.39, 0.29) is 48.7 Å². The molecule has 1 aliphatic heterocycles. The first-order valence-electron chi connectivity index (χ1n) is 11.7. The minimum Gasteiger partial charge on any atom is -0.358 e. The largest absolute Gasteiger partial charge is 0.449 e. The van der Waals surface area contributed by atoms with Crippen LogP contribution in [-0.4, -0.2) is 37.9 Å². The van der Waals surface area contributed by atoms with Crippen LogP contribution in [0.4, 0.5) is 40.8 Å². The van der Waals surface area contributed by atoms with E-state index in [1.165, 1.54) is 11.0 Å². The number of anilines is 1. The van der Waals surface area contributed by atoms with E-state index in [0.717, 1.165) is 16.7 Å². The molecule has 0 bridgehead atoms. The normalized spacial score (nSPS) is 13.9. The van der Waals surface area contributed by atoms with Crippen LogP contribution in [0, 0.1) is 40.4 Å². The summed E-state index contributed by atoms with van der Waals surface area (Å²) in [5.41, 5.74) is 3.52. The average Bonchev–Trinajstić information content (AvgIpc) is 3.30. The second kappa shape index (κ2) is 11.4. The number of rotatable bonds is 6. The Bertz CT molecular complexity index is 1580. The predicted molar refractivity (Wildman–Crippen MR) is 132 cm³/mol. The number of alkyl halides is 3. The van der Waals surface area contributed by atoms with Crippen LogP contribution in [0.25, 0.3) is 0 Å². The van der Waals surface area contributed by atoms with E-state index >= 15 is 0 Å². The predicted octanol–water partition coefficient (Wildman–Crippen LogP) is 4.82. The number of hydrogen-bond acceptors (Lipinski definition) is 5. The van der Waals surface area contributed by atoms with Gasteiger partial charge < -0.3 is 20.5 Å². The number of thiocarbonyl (C=S) groups is 1. The number of carbonyl (C=O) groups excluding carboxylic acids is 1. The van der Waals surface area contributed by atoms with Gasteiger partial charge in [0, 0.05) is 31.6 Å². The van der Waals surface area contributed by atoms with Crippen molar-refractivity contribution < 1.29 is 39.9 Å². The van der Waals surface area contributed by atoms with Gasteiger partial charge in [0.2, 0.25) is 5.82 Å². The fraction of sp³-hybridized carbons (Fsp3) is 0.280. The number of benzene rings is 2. The van der Waals surface area contributed by atoms with Gasteiger partial charge >= 0.3 is 6.18 Å². The SMILES string of the molecule is N#Cc1ccc(NC(=O)c2nc(C(F)(F)F)n3c2CN(C(=S)C[C@@H](N)Cc2cc(F)c(F)cc2F)CC3)c(F)c1F. The van der Waals surface area contributed by atoms with E-state index in [9.17, 15) is 39.9 Å². The second-order valence-electron chi connectivity index (χ2n) is 9.08. The summed E-state index contributed by atoms with van der Waals surface area (Å²) in [6.45, 7) is -0.702. The standard InChI is InChI=1S/C25H18F8N6OS/c26-14-8-16(28)15(27)6-12(14)5-13(35)7-19(41)38-3-4-39-18(10-38)22(37-24(39)25(31,32)33)23(40)36-17-2-1-11(9-34)20(29)21(17)30/h1-2,6,8,13H,3-5,7,10,35H2,(H,36,40)/t13-/m0/s1. The van der Waals surface area contributed by atoms with E-state index in [2.05, 4.69) is 4.98 Å². The molecule has 1 aliphatic rings. The Labute approximate surface area is 232 Å². The highest BCUT2D eigenvalue weighted by Gasteiger charge is 2.41. The van der Waals surface area contributed by atoms with E-state index in [0.29, 0.717) is 12.1 Å². The van der Waals surface area contributed by atoms with Crippen molar-refractivity contribution >= 4 is 28.8 Å². The van der Waals surface area contributed by atoms with Gasteiger partial charge in [0.1, 0.15) is 11.9 Å². The Balaban J connectivity index is 1.55. The second-order valence-corrected chi connectivity index (χ2v) is 9.55. The van der Waals surface area contributed by atoms with Gasteiger partial charge in [-0.3, -0.25) is 4.79 Å². The van der Waals surface area contributed by atoms with Crippen LogP contribution in [0.3, 0.4) is 0 Å². The molecule has 0 saturated heterocycles. The molecular weight excluding hydrogens is 584 g/mol. The monoisotopic (exact) mass is 602 g/mol. The highest BCUT2D eigenvalue weighted by Crippen LogP contribution is 2.33. The molecule has 3 N–H and O–H groups in total. The highest BCUT2D eigenvalue weighted by atomic mass is 32.1. The molecule has 0 fully saturated rings. The third-order valence-electron chi connectivity index (χ3n) is 6.29. The maximum absolute atomic E-state index is 14.3. The molecule has 2 heterocycles. The van der Waals surface area contributed by atoms with Crippen molar-refractivity contribution in [1.29, 1.82) is 5.26 Å². The molecule has 1 aromatic heterocycles. The first kappa shape index (κ1) is 29.9. The van der Waals surface area contributed by atoms with Crippen molar-refractivity contribution in [3.05, 3.63) is 81.7 Å². The van der Waals surface area contributed by atoms with Gasteiger partial charge in [-0.15, -0.1) is 0 Å². The summed E-state index contributed by atoms with van der Waals surface area (Å²) in [6, 6.07) is 3.34. The van der Waals surface area contributed by atoms with Crippen LogP contribution in [0.2, 0.25) is 0 Å². The van der Waals surface area contributed by atoms with E-state index in [4.69, 9.17) is 23.2 Å².